The summed E-state index contributed by atoms with van der Waals surface area (Å²) in [6.07, 6.45) is 8.32. The van der Waals surface area contributed by atoms with Gasteiger partial charge in [-0.05, 0) is 57.3 Å². The van der Waals surface area contributed by atoms with E-state index >= 15 is 0 Å². The third kappa shape index (κ3) is 2.40. The van der Waals surface area contributed by atoms with E-state index in [9.17, 15) is 5.11 Å². The monoisotopic (exact) mass is 286 g/mol. The van der Waals surface area contributed by atoms with Gasteiger partial charge in [0.25, 0.3) is 0 Å². The average Bonchev–Trinajstić information content (AvgIpc) is 2.36. The second kappa shape index (κ2) is 4.88. The Balaban J connectivity index is 2.12. The van der Waals surface area contributed by atoms with E-state index in [1.165, 1.54) is 16.7 Å². The molecule has 0 aromatic rings. The maximum atomic E-state index is 10.6. The Bertz CT molecular complexity index is 585. The molecule has 0 saturated carbocycles. The first-order valence-electron chi connectivity index (χ1n) is 7.98. The summed E-state index contributed by atoms with van der Waals surface area (Å²) in [6, 6.07) is 0. The minimum absolute atomic E-state index is 0.0976. The number of aliphatic hydroxyl groups is 1. The zero-order valence-corrected chi connectivity index (χ0v) is 13.7. The van der Waals surface area contributed by atoms with Crippen LogP contribution >= 0.6 is 0 Å². The van der Waals surface area contributed by atoms with Crippen LogP contribution in [-0.2, 0) is 4.74 Å². The highest BCUT2D eigenvalue weighted by Crippen LogP contribution is 2.48. The van der Waals surface area contributed by atoms with Crippen LogP contribution in [0.2, 0.25) is 0 Å². The topological polar surface area (TPSA) is 29.5 Å². The second-order valence-electron chi connectivity index (χ2n) is 7.45. The van der Waals surface area contributed by atoms with Crippen molar-refractivity contribution in [2.75, 3.05) is 0 Å². The zero-order chi connectivity index (χ0) is 15.4. The molecule has 0 spiro atoms. The Morgan fingerprint density at radius 1 is 1.33 bits per heavy atom. The third-order valence-corrected chi connectivity index (χ3v) is 5.08. The van der Waals surface area contributed by atoms with Gasteiger partial charge < -0.3 is 9.84 Å². The number of allylic oxidation sites excluding steroid dienone is 4. The van der Waals surface area contributed by atoms with E-state index in [1.54, 1.807) is 0 Å². The first-order valence-corrected chi connectivity index (χ1v) is 7.98. The highest BCUT2D eigenvalue weighted by atomic mass is 16.5. The fourth-order valence-corrected chi connectivity index (χ4v) is 3.84. The standard InChI is InChI=1S/C19H26O2/c1-11(2)13-9-16(20)18-14-8-12(3)6-7-15(14)19(4,5)21-17(18)10-13/h6,9-11,15,17,20H,7-8H2,1-5H3. The molecule has 2 unspecified atom stereocenters. The lowest BCUT2D eigenvalue weighted by Gasteiger charge is -2.47. The van der Waals surface area contributed by atoms with Crippen LogP contribution in [0.3, 0.4) is 0 Å². The number of rotatable bonds is 1. The van der Waals surface area contributed by atoms with E-state index < -0.39 is 0 Å². The lowest BCUT2D eigenvalue weighted by Crippen LogP contribution is -2.46. The molecule has 1 heterocycles. The average molecular weight is 286 g/mol. The van der Waals surface area contributed by atoms with Crippen LogP contribution in [0.4, 0.5) is 0 Å². The summed E-state index contributed by atoms with van der Waals surface area (Å²) < 4.78 is 6.37. The number of ether oxygens (including phenoxy) is 1. The van der Waals surface area contributed by atoms with Crippen molar-refractivity contribution < 1.29 is 9.84 Å². The van der Waals surface area contributed by atoms with Gasteiger partial charge in [-0.25, -0.2) is 0 Å². The number of hydrogen-bond donors (Lipinski definition) is 1. The van der Waals surface area contributed by atoms with Crippen LogP contribution in [0.15, 0.2) is 46.3 Å². The first kappa shape index (κ1) is 14.6. The lowest BCUT2D eigenvalue weighted by molar-refractivity contribution is -0.0821. The molecular weight excluding hydrogens is 260 g/mol. The van der Waals surface area contributed by atoms with Crippen LogP contribution in [0.1, 0.15) is 47.5 Å². The normalized spacial score (nSPS) is 31.2. The SMILES string of the molecule is CC1=CCC2C(=C3C(O)=CC(C(C)C)=CC3OC2(C)C)C1. The number of fused-ring (bicyclic) bond motifs is 2. The molecule has 0 aromatic heterocycles. The maximum absolute atomic E-state index is 10.6. The van der Waals surface area contributed by atoms with Crippen LogP contribution in [0.5, 0.6) is 0 Å². The molecule has 0 aromatic carbocycles. The summed E-state index contributed by atoms with van der Waals surface area (Å²) in [5.74, 6) is 1.18. The molecule has 2 nitrogen and oxygen atoms in total. The molecule has 114 valence electrons. The van der Waals surface area contributed by atoms with Gasteiger partial charge in [0, 0.05) is 11.5 Å². The molecule has 0 radical (unpaired) electrons. The Labute approximate surface area is 127 Å². The number of hydrogen-bond acceptors (Lipinski definition) is 2. The summed E-state index contributed by atoms with van der Waals surface area (Å²) in [7, 11) is 0. The van der Waals surface area contributed by atoms with Crippen LogP contribution < -0.4 is 0 Å². The van der Waals surface area contributed by atoms with Crippen molar-refractivity contribution in [1.29, 1.82) is 0 Å². The molecule has 1 aliphatic heterocycles. The predicted octanol–water partition coefficient (Wildman–Crippen LogP) is 4.85. The first-order chi connectivity index (χ1) is 9.79. The highest BCUT2D eigenvalue weighted by Gasteiger charge is 2.44. The van der Waals surface area contributed by atoms with Crippen LogP contribution in [0.25, 0.3) is 0 Å². The summed E-state index contributed by atoms with van der Waals surface area (Å²) in [4.78, 5) is 0. The van der Waals surface area contributed by atoms with Gasteiger partial charge in [-0.3, -0.25) is 0 Å². The minimum atomic E-state index is -0.184. The molecule has 2 heteroatoms. The lowest BCUT2D eigenvalue weighted by atomic mass is 9.70. The zero-order valence-electron chi connectivity index (χ0n) is 13.7. The second-order valence-corrected chi connectivity index (χ2v) is 7.45. The van der Waals surface area contributed by atoms with Gasteiger partial charge in [-0.1, -0.05) is 31.1 Å². The molecule has 3 aliphatic rings. The van der Waals surface area contributed by atoms with E-state index in [4.69, 9.17) is 4.74 Å². The van der Waals surface area contributed by atoms with E-state index in [1.807, 2.05) is 6.08 Å². The van der Waals surface area contributed by atoms with Gasteiger partial charge in [0.15, 0.2) is 0 Å². The fourth-order valence-electron chi connectivity index (χ4n) is 3.84. The predicted molar refractivity (Wildman–Crippen MR) is 86.1 cm³/mol. The number of aliphatic hydroxyl groups excluding tert-OH is 1. The van der Waals surface area contributed by atoms with Crippen LogP contribution in [-0.4, -0.2) is 16.8 Å². The van der Waals surface area contributed by atoms with Crippen molar-refractivity contribution in [2.45, 2.75) is 59.2 Å². The molecule has 0 saturated heterocycles. The molecule has 0 bridgehead atoms. The highest BCUT2D eigenvalue weighted by molar-refractivity contribution is 5.50. The molecule has 21 heavy (non-hydrogen) atoms. The van der Waals surface area contributed by atoms with E-state index in [0.717, 1.165) is 18.4 Å². The Morgan fingerprint density at radius 2 is 2.05 bits per heavy atom. The Hall–Kier alpha value is -1.28. The molecule has 2 atom stereocenters. The third-order valence-electron chi connectivity index (χ3n) is 5.08. The van der Waals surface area contributed by atoms with Crippen molar-refractivity contribution in [3.8, 4) is 0 Å². The van der Waals surface area contributed by atoms with E-state index in [2.05, 4.69) is 46.8 Å². The molecule has 0 fully saturated rings. The van der Waals surface area contributed by atoms with Crippen molar-refractivity contribution >= 4 is 0 Å². The summed E-state index contributed by atoms with van der Waals surface area (Å²) in [5, 5.41) is 10.6. The Morgan fingerprint density at radius 3 is 2.71 bits per heavy atom. The van der Waals surface area contributed by atoms with Crippen molar-refractivity contribution in [3.05, 3.63) is 46.3 Å². The Kier molecular flexibility index (Phi) is 3.40. The van der Waals surface area contributed by atoms with Crippen LogP contribution in [0, 0.1) is 11.8 Å². The molecule has 0 amide bonds. The fraction of sp³-hybridized carbons (Fsp3) is 0.579. The van der Waals surface area contributed by atoms with E-state index in [-0.39, 0.29) is 11.7 Å². The molecular formula is C19H26O2. The minimum Gasteiger partial charge on any atom is -0.508 e. The molecule has 1 N–H and O–H groups in total. The molecule has 3 rings (SSSR count). The van der Waals surface area contributed by atoms with Gasteiger partial charge in [0.2, 0.25) is 0 Å². The van der Waals surface area contributed by atoms with Crippen molar-refractivity contribution in [3.63, 3.8) is 0 Å². The largest absolute Gasteiger partial charge is 0.508 e. The summed E-state index contributed by atoms with van der Waals surface area (Å²) in [5.41, 5.74) is 4.78. The van der Waals surface area contributed by atoms with Gasteiger partial charge >= 0.3 is 0 Å². The quantitative estimate of drug-likeness (QED) is 0.698. The van der Waals surface area contributed by atoms with Gasteiger partial charge in [0.05, 0.1) is 5.60 Å². The summed E-state index contributed by atoms with van der Waals surface area (Å²) >= 11 is 0. The van der Waals surface area contributed by atoms with Gasteiger partial charge in [-0.15, -0.1) is 0 Å². The maximum Gasteiger partial charge on any atom is 0.121 e. The van der Waals surface area contributed by atoms with Crippen molar-refractivity contribution in [1.82, 2.24) is 0 Å². The summed E-state index contributed by atoms with van der Waals surface area (Å²) in [6.45, 7) is 10.8. The van der Waals surface area contributed by atoms with Gasteiger partial charge in [-0.2, -0.15) is 0 Å². The van der Waals surface area contributed by atoms with Crippen molar-refractivity contribution in [2.24, 2.45) is 11.8 Å². The smallest absolute Gasteiger partial charge is 0.121 e. The van der Waals surface area contributed by atoms with E-state index in [0.29, 0.717) is 17.6 Å². The van der Waals surface area contributed by atoms with Gasteiger partial charge in [0.1, 0.15) is 11.9 Å². The molecule has 2 aliphatic carbocycles.